The standard InChI is InChI=1S/C22H17F9O3/c23-20(24,25)10-34-17-9-13(16(19(32)33)7-11-1-2-11)8-15(18(17)22(29,30)31)12-3-5-14(6-4-12)21(26,27)28/h3-6,8-9,11,16H,1-2,7,10H2,(H,32,33)/t16-/m0/s1. The van der Waals surface area contributed by atoms with Crippen molar-refractivity contribution in [2.24, 2.45) is 5.92 Å². The van der Waals surface area contributed by atoms with Crippen LogP contribution in [0.1, 0.15) is 41.9 Å². The molecule has 1 saturated carbocycles. The summed E-state index contributed by atoms with van der Waals surface area (Å²) >= 11 is 0. The summed E-state index contributed by atoms with van der Waals surface area (Å²) in [7, 11) is 0. The molecule has 1 N–H and O–H groups in total. The number of carbonyl (C=O) groups is 1. The number of rotatable bonds is 7. The minimum atomic E-state index is -5.26. The summed E-state index contributed by atoms with van der Waals surface area (Å²) in [5.74, 6) is -3.99. The third kappa shape index (κ3) is 6.35. The van der Waals surface area contributed by atoms with Crippen LogP contribution in [0.15, 0.2) is 36.4 Å². The van der Waals surface area contributed by atoms with E-state index in [-0.39, 0.29) is 17.9 Å². The number of carboxylic acids is 1. The van der Waals surface area contributed by atoms with Crippen molar-refractivity contribution in [3.8, 4) is 16.9 Å². The predicted octanol–water partition coefficient (Wildman–Crippen LogP) is 7.30. The Morgan fingerprint density at radius 1 is 0.941 bits per heavy atom. The van der Waals surface area contributed by atoms with E-state index >= 15 is 0 Å². The van der Waals surface area contributed by atoms with Crippen molar-refractivity contribution in [2.75, 3.05) is 6.61 Å². The summed E-state index contributed by atoms with van der Waals surface area (Å²) in [6, 6.07) is 3.98. The highest BCUT2D eigenvalue weighted by atomic mass is 19.4. The van der Waals surface area contributed by atoms with Gasteiger partial charge >= 0.3 is 24.5 Å². The van der Waals surface area contributed by atoms with Crippen LogP contribution >= 0.6 is 0 Å². The molecule has 1 fully saturated rings. The van der Waals surface area contributed by atoms with Crippen molar-refractivity contribution in [2.45, 2.75) is 43.7 Å². The molecule has 0 spiro atoms. The van der Waals surface area contributed by atoms with Crippen LogP contribution in [0.3, 0.4) is 0 Å². The zero-order valence-electron chi connectivity index (χ0n) is 17.1. The molecule has 3 rings (SSSR count). The molecular formula is C22H17F9O3. The average molecular weight is 500 g/mol. The first-order valence-corrected chi connectivity index (χ1v) is 9.91. The fourth-order valence-electron chi connectivity index (χ4n) is 3.54. The summed E-state index contributed by atoms with van der Waals surface area (Å²) in [4.78, 5) is 11.8. The van der Waals surface area contributed by atoms with Gasteiger partial charge in [-0.05, 0) is 53.3 Å². The van der Waals surface area contributed by atoms with Gasteiger partial charge in [-0.3, -0.25) is 4.79 Å². The second kappa shape index (κ2) is 9.03. The van der Waals surface area contributed by atoms with Gasteiger partial charge in [0.1, 0.15) is 11.3 Å². The minimum Gasteiger partial charge on any atom is -0.483 e. The first kappa shape index (κ1) is 25.7. The molecule has 2 aromatic carbocycles. The van der Waals surface area contributed by atoms with Crippen LogP contribution in [0.2, 0.25) is 0 Å². The van der Waals surface area contributed by atoms with E-state index in [1.54, 1.807) is 0 Å². The third-order valence-corrected chi connectivity index (χ3v) is 5.29. The molecule has 34 heavy (non-hydrogen) atoms. The Labute approximate surface area is 187 Å². The second-order valence-electron chi connectivity index (χ2n) is 7.99. The molecule has 0 amide bonds. The lowest BCUT2D eigenvalue weighted by Gasteiger charge is -2.22. The number of aliphatic carboxylic acids is 1. The van der Waals surface area contributed by atoms with Crippen molar-refractivity contribution in [1.82, 2.24) is 0 Å². The highest BCUT2D eigenvalue weighted by Crippen LogP contribution is 2.47. The van der Waals surface area contributed by atoms with E-state index in [1.165, 1.54) is 0 Å². The summed E-state index contributed by atoms with van der Waals surface area (Å²) in [5.41, 5.74) is -4.20. The molecule has 1 aliphatic rings. The number of alkyl halides is 9. The fourth-order valence-corrected chi connectivity index (χ4v) is 3.54. The maximum absolute atomic E-state index is 13.9. The maximum atomic E-state index is 13.9. The molecule has 1 aliphatic carbocycles. The van der Waals surface area contributed by atoms with Gasteiger partial charge in [-0.1, -0.05) is 25.0 Å². The molecule has 0 bridgehead atoms. The zero-order chi connectivity index (χ0) is 25.5. The van der Waals surface area contributed by atoms with Crippen molar-refractivity contribution < 1.29 is 54.2 Å². The lowest BCUT2D eigenvalue weighted by molar-refractivity contribution is -0.158. The quantitative estimate of drug-likeness (QED) is 0.406. The van der Waals surface area contributed by atoms with Gasteiger partial charge < -0.3 is 9.84 Å². The number of ether oxygens (including phenoxy) is 1. The van der Waals surface area contributed by atoms with Crippen molar-refractivity contribution in [1.29, 1.82) is 0 Å². The van der Waals surface area contributed by atoms with Crippen molar-refractivity contribution in [3.05, 3.63) is 53.1 Å². The zero-order valence-corrected chi connectivity index (χ0v) is 17.1. The van der Waals surface area contributed by atoms with Crippen molar-refractivity contribution in [3.63, 3.8) is 0 Å². The minimum absolute atomic E-state index is 0.00236. The highest BCUT2D eigenvalue weighted by molar-refractivity contribution is 5.79. The molecule has 1 atom stereocenters. The van der Waals surface area contributed by atoms with E-state index in [9.17, 15) is 49.4 Å². The van der Waals surface area contributed by atoms with Crippen LogP contribution < -0.4 is 4.74 Å². The number of halogens is 9. The van der Waals surface area contributed by atoms with Crippen LogP contribution in [0.25, 0.3) is 11.1 Å². The number of hydrogen-bond donors (Lipinski definition) is 1. The average Bonchev–Trinajstić information content (AvgIpc) is 3.52. The van der Waals surface area contributed by atoms with E-state index < -0.39 is 65.0 Å². The highest BCUT2D eigenvalue weighted by Gasteiger charge is 2.41. The molecule has 3 nitrogen and oxygen atoms in total. The first-order valence-electron chi connectivity index (χ1n) is 9.91. The van der Waals surface area contributed by atoms with Crippen LogP contribution in [0, 0.1) is 5.92 Å². The number of carboxylic acid groups (broad SMARTS) is 1. The van der Waals surface area contributed by atoms with Crippen LogP contribution in [0.4, 0.5) is 39.5 Å². The number of hydrogen-bond acceptors (Lipinski definition) is 2. The van der Waals surface area contributed by atoms with Crippen LogP contribution in [-0.4, -0.2) is 23.9 Å². The van der Waals surface area contributed by atoms with E-state index in [0.717, 1.165) is 18.2 Å². The van der Waals surface area contributed by atoms with Gasteiger partial charge in [0.2, 0.25) is 0 Å². The smallest absolute Gasteiger partial charge is 0.422 e. The largest absolute Gasteiger partial charge is 0.483 e. The molecule has 12 heteroatoms. The molecule has 186 valence electrons. The molecular weight excluding hydrogens is 483 g/mol. The Balaban J connectivity index is 2.21. The lowest BCUT2D eigenvalue weighted by Crippen LogP contribution is -2.22. The maximum Gasteiger partial charge on any atom is 0.422 e. The van der Waals surface area contributed by atoms with Crippen LogP contribution in [-0.2, 0) is 17.1 Å². The summed E-state index contributed by atoms with van der Waals surface area (Å²) < 4.78 is 123. The van der Waals surface area contributed by atoms with Gasteiger partial charge in [-0.25, -0.2) is 0 Å². The van der Waals surface area contributed by atoms with Gasteiger partial charge in [-0.2, -0.15) is 39.5 Å². The first-order chi connectivity index (χ1) is 15.6. The van der Waals surface area contributed by atoms with Gasteiger partial charge in [0, 0.05) is 0 Å². The van der Waals surface area contributed by atoms with Gasteiger partial charge in [0.05, 0.1) is 11.5 Å². The normalized spacial score (nSPS) is 15.8. The Bertz CT molecular complexity index is 1030. The molecule has 2 aromatic rings. The molecule has 0 radical (unpaired) electrons. The molecule has 0 heterocycles. The third-order valence-electron chi connectivity index (χ3n) is 5.29. The van der Waals surface area contributed by atoms with E-state index in [0.29, 0.717) is 31.0 Å². The Morgan fingerprint density at radius 2 is 1.53 bits per heavy atom. The summed E-state index contributed by atoms with van der Waals surface area (Å²) in [5, 5.41) is 9.60. The van der Waals surface area contributed by atoms with E-state index in [2.05, 4.69) is 4.74 Å². The molecule has 0 saturated heterocycles. The van der Waals surface area contributed by atoms with E-state index in [4.69, 9.17) is 0 Å². The van der Waals surface area contributed by atoms with Crippen molar-refractivity contribution >= 4 is 5.97 Å². The molecule has 0 aliphatic heterocycles. The number of benzene rings is 2. The Morgan fingerprint density at radius 3 is 1.97 bits per heavy atom. The second-order valence-corrected chi connectivity index (χ2v) is 7.99. The van der Waals surface area contributed by atoms with E-state index in [1.807, 2.05) is 0 Å². The topological polar surface area (TPSA) is 46.5 Å². The Hall–Kier alpha value is -2.92. The fraction of sp³-hybridized carbons (Fsp3) is 0.409. The monoisotopic (exact) mass is 500 g/mol. The molecule has 0 aromatic heterocycles. The van der Waals surface area contributed by atoms with Crippen LogP contribution in [0.5, 0.6) is 5.75 Å². The predicted molar refractivity (Wildman–Crippen MR) is 101 cm³/mol. The van der Waals surface area contributed by atoms with Gasteiger partial charge in [0.25, 0.3) is 0 Å². The Kier molecular flexibility index (Phi) is 6.82. The summed E-state index contributed by atoms with van der Waals surface area (Å²) in [6.45, 7) is -2.08. The summed E-state index contributed by atoms with van der Waals surface area (Å²) in [6.07, 6.45) is -13.6. The van der Waals surface area contributed by atoms with Gasteiger partial charge in [0.15, 0.2) is 6.61 Å². The lowest BCUT2D eigenvalue weighted by atomic mass is 9.88. The SMILES string of the molecule is O=C(O)[C@@H](CC1CC1)c1cc(OCC(F)(F)F)c(C(F)(F)F)c(-c2ccc(C(F)(F)F)cc2)c1. The van der Waals surface area contributed by atoms with Gasteiger partial charge in [-0.15, -0.1) is 0 Å². The molecule has 0 unspecified atom stereocenters.